The molecule has 0 spiro atoms. The van der Waals surface area contributed by atoms with Crippen molar-refractivity contribution in [3.05, 3.63) is 16.0 Å². The summed E-state index contributed by atoms with van der Waals surface area (Å²) in [5.41, 5.74) is 1.75. The van der Waals surface area contributed by atoms with Crippen molar-refractivity contribution >= 4 is 34.1 Å². The van der Waals surface area contributed by atoms with Gasteiger partial charge in [-0.05, 0) is 63.4 Å². The van der Waals surface area contributed by atoms with Gasteiger partial charge in [0, 0.05) is 18.0 Å². The highest BCUT2D eigenvalue weighted by Crippen LogP contribution is 2.45. The molecule has 2 bridgehead atoms. The lowest BCUT2D eigenvalue weighted by Crippen LogP contribution is -2.41. The lowest BCUT2D eigenvalue weighted by Gasteiger charge is -2.28. The molecule has 7 nitrogen and oxygen atoms in total. The Hall–Kier alpha value is -1.93. The van der Waals surface area contributed by atoms with Crippen LogP contribution in [0.25, 0.3) is 0 Å². The number of amides is 2. The number of ether oxygens (including phenoxy) is 1. The maximum Gasteiger partial charge on any atom is 0.310 e. The summed E-state index contributed by atoms with van der Waals surface area (Å²) in [7, 11) is 0. The number of aliphatic carboxylic acids is 1. The molecule has 1 aromatic heterocycles. The first kappa shape index (κ1) is 20.0. The SMILES string of the molecule is O=C(O)[C@@H]1[C@@H](C(=O)Nc2sc3c(c2C(=O)N2CCCCC2)CCCC3)[C@H]2CC[C@@H]1O2. The van der Waals surface area contributed by atoms with E-state index in [1.807, 2.05) is 4.90 Å². The molecule has 4 atom stereocenters. The number of piperidine rings is 1. The summed E-state index contributed by atoms with van der Waals surface area (Å²) in [4.78, 5) is 41.5. The number of thiophene rings is 1. The van der Waals surface area contributed by atoms with Crippen LogP contribution in [0, 0.1) is 11.8 Å². The number of carboxylic acid groups (broad SMARTS) is 1. The van der Waals surface area contributed by atoms with Gasteiger partial charge in [-0.3, -0.25) is 14.4 Å². The normalized spacial score (nSPS) is 30.2. The van der Waals surface area contributed by atoms with Crippen LogP contribution in [-0.4, -0.2) is 53.1 Å². The van der Waals surface area contributed by atoms with Crippen LogP contribution >= 0.6 is 11.3 Å². The van der Waals surface area contributed by atoms with Crippen LogP contribution in [0.1, 0.15) is 65.7 Å². The minimum Gasteiger partial charge on any atom is -0.481 e. The van der Waals surface area contributed by atoms with E-state index < -0.39 is 17.8 Å². The molecule has 2 amide bonds. The van der Waals surface area contributed by atoms with E-state index in [1.54, 1.807) is 0 Å². The molecule has 8 heteroatoms. The average Bonchev–Trinajstić information content (AvgIpc) is 3.46. The number of likely N-dealkylation sites (tertiary alicyclic amines) is 1. The number of carbonyl (C=O) groups is 3. The molecule has 3 saturated heterocycles. The lowest BCUT2D eigenvalue weighted by atomic mass is 9.78. The van der Waals surface area contributed by atoms with E-state index in [1.165, 1.54) is 16.2 Å². The fourth-order valence-electron chi connectivity index (χ4n) is 5.66. The Morgan fingerprint density at radius 2 is 1.67 bits per heavy atom. The molecule has 3 aliphatic heterocycles. The number of nitrogens with zero attached hydrogens (tertiary/aromatic N) is 1. The van der Waals surface area contributed by atoms with E-state index in [0.717, 1.165) is 63.6 Å². The molecule has 162 valence electrons. The second-order valence-corrected chi connectivity index (χ2v) is 10.0. The molecule has 0 saturated carbocycles. The quantitative estimate of drug-likeness (QED) is 0.762. The van der Waals surface area contributed by atoms with E-state index in [9.17, 15) is 19.5 Å². The van der Waals surface area contributed by atoms with Gasteiger partial charge in [-0.1, -0.05) is 0 Å². The predicted octanol–water partition coefficient (Wildman–Crippen LogP) is 3.07. The van der Waals surface area contributed by atoms with Gasteiger partial charge in [-0.15, -0.1) is 11.3 Å². The molecule has 1 aliphatic carbocycles. The van der Waals surface area contributed by atoms with Crippen molar-refractivity contribution < 1.29 is 24.2 Å². The third-order valence-electron chi connectivity index (χ3n) is 7.13. The van der Waals surface area contributed by atoms with Crippen molar-refractivity contribution in [1.29, 1.82) is 0 Å². The minimum atomic E-state index is -0.975. The van der Waals surface area contributed by atoms with Gasteiger partial charge in [0.2, 0.25) is 5.91 Å². The Labute approximate surface area is 179 Å². The van der Waals surface area contributed by atoms with E-state index >= 15 is 0 Å². The highest BCUT2D eigenvalue weighted by Gasteiger charge is 2.55. The zero-order valence-electron chi connectivity index (χ0n) is 17.0. The van der Waals surface area contributed by atoms with Crippen molar-refractivity contribution in [3.63, 3.8) is 0 Å². The van der Waals surface area contributed by atoms with Gasteiger partial charge in [0.05, 0.1) is 29.6 Å². The molecule has 0 radical (unpaired) electrons. The van der Waals surface area contributed by atoms with Crippen LogP contribution in [-0.2, 0) is 27.2 Å². The summed E-state index contributed by atoms with van der Waals surface area (Å²) in [6.45, 7) is 1.52. The van der Waals surface area contributed by atoms with Crippen molar-refractivity contribution in [3.8, 4) is 0 Å². The first-order valence-electron chi connectivity index (χ1n) is 11.2. The van der Waals surface area contributed by atoms with Crippen molar-refractivity contribution in [2.24, 2.45) is 11.8 Å². The Bertz CT molecular complexity index is 875. The van der Waals surface area contributed by atoms with Gasteiger partial charge >= 0.3 is 5.97 Å². The Morgan fingerprint density at radius 1 is 0.967 bits per heavy atom. The first-order valence-corrected chi connectivity index (χ1v) is 12.0. The van der Waals surface area contributed by atoms with E-state index in [4.69, 9.17) is 4.74 Å². The Balaban J connectivity index is 1.44. The van der Waals surface area contributed by atoms with E-state index in [2.05, 4.69) is 5.32 Å². The summed E-state index contributed by atoms with van der Waals surface area (Å²) in [6, 6.07) is 0. The Morgan fingerprint density at radius 3 is 2.40 bits per heavy atom. The second-order valence-electron chi connectivity index (χ2n) is 8.94. The molecule has 4 heterocycles. The number of carbonyl (C=O) groups excluding carboxylic acids is 2. The summed E-state index contributed by atoms with van der Waals surface area (Å²) in [6.07, 6.45) is 7.82. The van der Waals surface area contributed by atoms with Crippen LogP contribution in [0.2, 0.25) is 0 Å². The summed E-state index contributed by atoms with van der Waals surface area (Å²) >= 11 is 1.50. The fraction of sp³-hybridized carbons (Fsp3) is 0.682. The molecule has 0 unspecified atom stereocenters. The van der Waals surface area contributed by atoms with Crippen molar-refractivity contribution in [2.75, 3.05) is 18.4 Å². The van der Waals surface area contributed by atoms with Gasteiger partial charge in [0.25, 0.3) is 5.91 Å². The topological polar surface area (TPSA) is 95.9 Å². The zero-order chi connectivity index (χ0) is 20.8. The van der Waals surface area contributed by atoms with Gasteiger partial charge < -0.3 is 20.1 Å². The monoisotopic (exact) mass is 432 g/mol. The van der Waals surface area contributed by atoms with Gasteiger partial charge in [-0.2, -0.15) is 0 Å². The maximum atomic E-state index is 13.4. The predicted molar refractivity (Wildman–Crippen MR) is 112 cm³/mol. The third kappa shape index (κ3) is 3.34. The summed E-state index contributed by atoms with van der Waals surface area (Å²) in [5, 5.41) is 13.2. The maximum absolute atomic E-state index is 13.4. The lowest BCUT2D eigenvalue weighted by molar-refractivity contribution is -0.147. The molecule has 1 aromatic rings. The molecule has 5 rings (SSSR count). The summed E-state index contributed by atoms with van der Waals surface area (Å²) in [5.74, 6) is -2.78. The minimum absolute atomic E-state index is 0.0170. The van der Waals surface area contributed by atoms with Crippen molar-refractivity contribution in [2.45, 2.75) is 70.0 Å². The molecule has 30 heavy (non-hydrogen) atoms. The highest BCUT2D eigenvalue weighted by molar-refractivity contribution is 7.17. The Kier molecular flexibility index (Phi) is 5.31. The van der Waals surface area contributed by atoms with Crippen LogP contribution in [0.15, 0.2) is 0 Å². The van der Waals surface area contributed by atoms with Crippen LogP contribution in [0.3, 0.4) is 0 Å². The molecule has 4 aliphatic rings. The third-order valence-corrected chi connectivity index (χ3v) is 8.33. The van der Waals surface area contributed by atoms with Gasteiger partial charge in [0.15, 0.2) is 0 Å². The smallest absolute Gasteiger partial charge is 0.310 e. The number of hydrogen-bond donors (Lipinski definition) is 2. The number of hydrogen-bond acceptors (Lipinski definition) is 5. The van der Waals surface area contributed by atoms with Gasteiger partial charge in [-0.25, -0.2) is 0 Å². The molecule has 3 fully saturated rings. The standard InChI is InChI=1S/C22H28N2O5S/c25-19(17-13-8-9-14(29-13)18(17)22(27)28)23-20-16(12-6-2-3-7-15(12)30-20)21(26)24-10-4-1-5-11-24/h13-14,17-18H,1-11H2,(H,23,25)(H,27,28)/t13-,14+,17+,18+/m1/s1. The number of aryl methyl sites for hydroxylation is 1. The largest absolute Gasteiger partial charge is 0.481 e. The number of rotatable bonds is 4. The molecule has 2 N–H and O–H groups in total. The van der Waals surface area contributed by atoms with Gasteiger partial charge in [0.1, 0.15) is 5.00 Å². The van der Waals surface area contributed by atoms with Crippen LogP contribution < -0.4 is 5.32 Å². The fourth-order valence-corrected chi connectivity index (χ4v) is 6.94. The average molecular weight is 433 g/mol. The van der Waals surface area contributed by atoms with E-state index in [0.29, 0.717) is 23.4 Å². The van der Waals surface area contributed by atoms with E-state index in [-0.39, 0.29) is 24.0 Å². The van der Waals surface area contributed by atoms with Crippen LogP contribution in [0.5, 0.6) is 0 Å². The number of fused-ring (bicyclic) bond motifs is 3. The zero-order valence-corrected chi connectivity index (χ0v) is 17.8. The molecular weight excluding hydrogens is 404 g/mol. The second kappa shape index (κ2) is 7.96. The summed E-state index contributed by atoms with van der Waals surface area (Å²) < 4.78 is 5.76. The number of nitrogens with one attached hydrogen (secondary N) is 1. The van der Waals surface area contributed by atoms with Crippen molar-refractivity contribution in [1.82, 2.24) is 4.90 Å². The highest BCUT2D eigenvalue weighted by atomic mass is 32.1. The van der Waals surface area contributed by atoms with Crippen LogP contribution in [0.4, 0.5) is 5.00 Å². The molecular formula is C22H28N2O5S. The number of carboxylic acids is 1. The first-order chi connectivity index (χ1) is 14.5. The molecule has 0 aromatic carbocycles. The number of anilines is 1.